The molecule has 3 aromatic rings. The van der Waals surface area contributed by atoms with Gasteiger partial charge < -0.3 is 29.6 Å². The zero-order valence-corrected chi connectivity index (χ0v) is 36.8. The molecule has 4 fully saturated rings. The number of hydrogen-bond acceptors (Lipinski definition) is 6. The third kappa shape index (κ3) is 5.52. The maximum atomic E-state index is 15.2. The zero-order chi connectivity index (χ0) is 41.7. The lowest BCUT2D eigenvalue weighted by Crippen LogP contribution is -2.67. The fraction of sp³-hybridized carbons (Fsp3) is 0.680. The first-order valence-corrected chi connectivity index (χ1v) is 22.3. The van der Waals surface area contributed by atoms with Crippen molar-refractivity contribution in [1.82, 2.24) is 9.55 Å². The van der Waals surface area contributed by atoms with Crippen LogP contribution in [0.3, 0.4) is 0 Å². The van der Waals surface area contributed by atoms with Crippen LogP contribution in [0, 0.1) is 58.7 Å². The first kappa shape index (κ1) is 40.4. The summed E-state index contributed by atoms with van der Waals surface area (Å²) < 4.78 is 8.44. The number of carbonyl (C=O) groups excluding carboxylic acids is 2. The Labute approximate surface area is 345 Å². The molecule has 0 spiro atoms. The summed E-state index contributed by atoms with van der Waals surface area (Å²) in [6.07, 6.45) is 6.69. The molecule has 58 heavy (non-hydrogen) atoms. The van der Waals surface area contributed by atoms with Crippen LogP contribution < -0.4 is 0 Å². The number of nitrogens with zero attached hydrogens (tertiary/aromatic N) is 1. The minimum atomic E-state index is -0.769. The predicted octanol–water partition coefficient (Wildman–Crippen LogP) is 8.29. The Kier molecular flexibility index (Phi) is 9.04. The van der Waals surface area contributed by atoms with E-state index in [2.05, 4.69) is 89.3 Å². The third-order valence-corrected chi connectivity index (χ3v) is 17.9. The molecule has 4 aliphatic carbocycles. The SMILES string of the molecule is Cc1cc(C)cc(Cc2c(CCO)n3c4c(c[nH]c24)CC[C@@](C)(C[C@@H](O)[C@H]2OC2(C)C)C2=C4[C@@H](C3)[C@@H](O)[C@@H]3[C@]5(C)CCC(=O)C(C)(C)[C@@H]5CC[C@]3(C)[C@@]4(C)CC2=O)c1. The second kappa shape index (κ2) is 13.0. The minimum absolute atomic E-state index is 0.00173. The molecule has 9 rings (SSSR count). The summed E-state index contributed by atoms with van der Waals surface area (Å²) in [6, 6.07) is 6.72. The van der Waals surface area contributed by atoms with Crippen molar-refractivity contribution in [1.29, 1.82) is 0 Å². The second-order valence-corrected chi connectivity index (χ2v) is 22.1. The first-order valence-electron chi connectivity index (χ1n) is 22.3. The monoisotopic (exact) mass is 793 g/mol. The summed E-state index contributed by atoms with van der Waals surface area (Å²) in [4.78, 5) is 32.5. The number of aryl methyl sites for hydroxylation is 3. The molecule has 4 N–H and O–H groups in total. The molecule has 314 valence electrons. The molecule has 0 bridgehead atoms. The van der Waals surface area contributed by atoms with E-state index in [4.69, 9.17) is 4.74 Å². The van der Waals surface area contributed by atoms with Crippen molar-refractivity contribution in [2.75, 3.05) is 6.61 Å². The minimum Gasteiger partial charge on any atom is -0.396 e. The lowest BCUT2D eigenvalue weighted by Gasteiger charge is -2.70. The standard InChI is InChI=1S/C50H68N2O6/c1-27-19-28(2)21-29(20-27)22-31-33(14-18-53)52-26-32-38-39(47(7,23-35(55)44-46(5,6)58-44)15-11-30-25-51-40(31)41(30)52)34(54)24-50(38,10)49(9)17-12-36-45(3,4)37(56)13-16-48(36,8)43(49)42(32)57/h19-21,25,32,35-36,42-44,51,53,55,57H,11-18,22-24,26H2,1-10H3/t32-,35-,36+,42-,43-,44-,47+,48-,49+,50+/m1/s1. The van der Waals surface area contributed by atoms with Crippen molar-refractivity contribution in [3.63, 3.8) is 0 Å². The van der Waals surface area contributed by atoms with Crippen molar-refractivity contribution in [3.05, 3.63) is 69.1 Å². The summed E-state index contributed by atoms with van der Waals surface area (Å²) >= 11 is 0. The number of ether oxygens (including phenoxy) is 1. The van der Waals surface area contributed by atoms with Gasteiger partial charge in [-0.15, -0.1) is 0 Å². The quantitative estimate of drug-likeness (QED) is 0.179. The molecule has 10 atom stereocenters. The summed E-state index contributed by atoms with van der Waals surface area (Å²) in [5, 5.41) is 36.2. The van der Waals surface area contributed by atoms with E-state index >= 15 is 4.79 Å². The lowest BCUT2D eigenvalue weighted by molar-refractivity contribution is -0.220. The van der Waals surface area contributed by atoms with Crippen LogP contribution in [-0.4, -0.2) is 67.0 Å². The van der Waals surface area contributed by atoms with Crippen molar-refractivity contribution >= 4 is 22.6 Å². The van der Waals surface area contributed by atoms with Crippen molar-refractivity contribution < 1.29 is 29.6 Å². The normalized spacial score (nSPS) is 38.1. The number of aromatic nitrogens is 2. The number of rotatable bonds is 7. The molecular weight excluding hydrogens is 725 g/mol. The Morgan fingerprint density at radius 2 is 1.66 bits per heavy atom. The first-order chi connectivity index (χ1) is 27.1. The molecule has 1 saturated heterocycles. The predicted molar refractivity (Wildman–Crippen MR) is 227 cm³/mol. The number of nitrogens with one attached hydrogen (secondary N) is 1. The molecular formula is C50H68N2O6. The molecule has 0 unspecified atom stereocenters. The van der Waals surface area contributed by atoms with Gasteiger partial charge >= 0.3 is 0 Å². The molecule has 4 heterocycles. The highest BCUT2D eigenvalue weighted by atomic mass is 16.6. The topological polar surface area (TPSA) is 128 Å². The number of ketones is 2. The highest BCUT2D eigenvalue weighted by Gasteiger charge is 2.72. The molecule has 6 aliphatic rings. The van der Waals surface area contributed by atoms with Gasteiger partial charge in [0.2, 0.25) is 0 Å². The Hall–Kier alpha value is -3.04. The van der Waals surface area contributed by atoms with Crippen molar-refractivity contribution in [2.45, 2.75) is 164 Å². The molecule has 8 nitrogen and oxygen atoms in total. The number of allylic oxidation sites excluding steroid dienone is 1. The number of benzene rings is 1. The van der Waals surface area contributed by atoms with E-state index < -0.39 is 39.5 Å². The molecule has 3 saturated carbocycles. The van der Waals surface area contributed by atoms with E-state index in [0.29, 0.717) is 57.3 Å². The molecule has 8 heteroatoms. The summed E-state index contributed by atoms with van der Waals surface area (Å²) in [7, 11) is 0. The fourth-order valence-corrected chi connectivity index (χ4v) is 15.1. The van der Waals surface area contributed by atoms with Crippen LogP contribution in [0.4, 0.5) is 0 Å². The highest BCUT2D eigenvalue weighted by Crippen LogP contribution is 2.75. The largest absolute Gasteiger partial charge is 0.396 e. The van der Waals surface area contributed by atoms with Crippen LogP contribution in [0.5, 0.6) is 0 Å². The number of hydrogen-bond donors (Lipinski definition) is 4. The summed E-state index contributed by atoms with van der Waals surface area (Å²) in [5.41, 5.74) is 8.46. The second-order valence-electron chi connectivity index (χ2n) is 22.1. The third-order valence-electron chi connectivity index (χ3n) is 17.9. The number of carbonyl (C=O) groups is 2. The lowest BCUT2D eigenvalue weighted by atomic mass is 9.34. The van der Waals surface area contributed by atoms with Crippen molar-refractivity contribution in [2.24, 2.45) is 44.8 Å². The van der Waals surface area contributed by atoms with Gasteiger partial charge in [-0.05, 0) is 111 Å². The number of H-pyrrole nitrogens is 1. The number of aliphatic hydroxyl groups is 3. The van der Waals surface area contributed by atoms with Gasteiger partial charge in [-0.3, -0.25) is 9.59 Å². The number of aromatic amines is 1. The van der Waals surface area contributed by atoms with Gasteiger partial charge in [-0.2, -0.15) is 0 Å². The van der Waals surface area contributed by atoms with Crippen LogP contribution in [0.1, 0.15) is 134 Å². The van der Waals surface area contributed by atoms with E-state index in [1.54, 1.807) is 0 Å². The van der Waals surface area contributed by atoms with Crippen LogP contribution in [-0.2, 0) is 40.1 Å². The van der Waals surface area contributed by atoms with Gasteiger partial charge in [-0.25, -0.2) is 0 Å². The maximum Gasteiger partial charge on any atom is 0.160 e. The number of fused-ring (bicyclic) bond motifs is 4. The van der Waals surface area contributed by atoms with Crippen LogP contribution >= 0.6 is 0 Å². The van der Waals surface area contributed by atoms with Crippen molar-refractivity contribution in [3.8, 4) is 0 Å². The number of epoxide rings is 1. The Balaban J connectivity index is 1.28. The number of aliphatic hydroxyl groups excluding tert-OH is 3. The van der Waals surface area contributed by atoms with Gasteiger partial charge in [0.1, 0.15) is 11.9 Å². The molecule has 2 aromatic heterocycles. The summed E-state index contributed by atoms with van der Waals surface area (Å²) in [6.45, 7) is 22.3. The van der Waals surface area contributed by atoms with E-state index in [1.807, 2.05) is 13.8 Å². The van der Waals surface area contributed by atoms with E-state index in [1.165, 1.54) is 22.3 Å². The fourth-order valence-electron chi connectivity index (χ4n) is 15.1. The van der Waals surface area contributed by atoms with Gasteiger partial charge in [0.15, 0.2) is 5.78 Å². The molecule has 0 radical (unpaired) electrons. The van der Waals surface area contributed by atoms with Gasteiger partial charge in [0.25, 0.3) is 0 Å². The Morgan fingerprint density at radius 1 is 0.966 bits per heavy atom. The molecule has 2 aliphatic heterocycles. The average Bonchev–Trinajstić information content (AvgIpc) is 3.35. The molecule has 0 amide bonds. The van der Waals surface area contributed by atoms with Gasteiger partial charge in [0, 0.05) is 78.6 Å². The smallest absolute Gasteiger partial charge is 0.160 e. The van der Waals surface area contributed by atoms with Crippen LogP contribution in [0.15, 0.2) is 35.5 Å². The van der Waals surface area contributed by atoms with E-state index in [-0.39, 0.29) is 41.7 Å². The van der Waals surface area contributed by atoms with Gasteiger partial charge in [0.05, 0.1) is 28.8 Å². The maximum absolute atomic E-state index is 15.2. The highest BCUT2D eigenvalue weighted by molar-refractivity contribution is 6.02. The van der Waals surface area contributed by atoms with Gasteiger partial charge in [-0.1, -0.05) is 70.9 Å². The Morgan fingerprint density at radius 3 is 2.31 bits per heavy atom. The molecule has 1 aromatic carbocycles. The zero-order valence-electron chi connectivity index (χ0n) is 36.8. The van der Waals surface area contributed by atoms with Crippen LogP contribution in [0.25, 0.3) is 11.0 Å². The number of Topliss-reactive ketones (excluding diaryl/α,β-unsaturated/α-hetero) is 2. The average molecular weight is 793 g/mol. The van der Waals surface area contributed by atoms with Crippen LogP contribution in [0.2, 0.25) is 0 Å². The van der Waals surface area contributed by atoms with E-state index in [9.17, 15) is 20.1 Å². The van der Waals surface area contributed by atoms with E-state index in [0.717, 1.165) is 52.7 Å². The summed E-state index contributed by atoms with van der Waals surface area (Å²) in [5.74, 6) is 0.0985. The Bertz CT molecular complexity index is 2240.